The van der Waals surface area contributed by atoms with Gasteiger partial charge in [-0.15, -0.1) is 0 Å². The van der Waals surface area contributed by atoms with E-state index in [1.807, 2.05) is 5.32 Å². The van der Waals surface area contributed by atoms with Crippen molar-refractivity contribution in [1.29, 1.82) is 0 Å². The number of aliphatic hydroxyl groups is 2. The SMILES string of the molecule is CC(C)C[C@H](NC(=O)[C@H](CC(N)=O)NC(=O)[C@H](CO)NC(=O)[C@H](C)NC(=O)CN)C(=O)N[C@@H](CCC(N)=O)C(=O)N[C@@H](CO)C(=O)O. The highest BCUT2D eigenvalue weighted by Gasteiger charge is 2.33. The number of amides is 8. The molecule has 21 nitrogen and oxygen atoms in total. The number of rotatable bonds is 22. The van der Waals surface area contributed by atoms with Gasteiger partial charge in [-0.1, -0.05) is 13.8 Å². The smallest absolute Gasteiger partial charge is 0.328 e. The molecule has 266 valence electrons. The number of carboxylic acid groups (broad SMARTS) is 1. The van der Waals surface area contributed by atoms with Gasteiger partial charge < -0.3 is 64.4 Å². The molecule has 0 rings (SSSR count). The van der Waals surface area contributed by atoms with Crippen LogP contribution >= 0.6 is 0 Å². The van der Waals surface area contributed by atoms with E-state index in [4.69, 9.17) is 22.3 Å². The Bertz CT molecular complexity index is 1170. The van der Waals surface area contributed by atoms with Gasteiger partial charge in [-0.3, -0.25) is 38.4 Å². The van der Waals surface area contributed by atoms with Crippen LogP contribution in [0.5, 0.6) is 0 Å². The average Bonchev–Trinajstić information content (AvgIpc) is 2.98. The van der Waals surface area contributed by atoms with E-state index in [-0.39, 0.29) is 18.8 Å². The highest BCUT2D eigenvalue weighted by molar-refractivity contribution is 5.98. The number of carboxylic acids is 1. The van der Waals surface area contributed by atoms with Crippen molar-refractivity contribution in [3.63, 3.8) is 0 Å². The van der Waals surface area contributed by atoms with Gasteiger partial charge >= 0.3 is 5.97 Å². The van der Waals surface area contributed by atoms with E-state index in [0.29, 0.717) is 0 Å². The van der Waals surface area contributed by atoms with Crippen LogP contribution in [0.2, 0.25) is 0 Å². The average molecular weight is 676 g/mol. The summed E-state index contributed by atoms with van der Waals surface area (Å²) in [7, 11) is 0. The maximum Gasteiger partial charge on any atom is 0.328 e. The second kappa shape index (κ2) is 21.0. The minimum Gasteiger partial charge on any atom is -0.480 e. The molecule has 0 aromatic heterocycles. The van der Waals surface area contributed by atoms with Crippen LogP contribution in [0.3, 0.4) is 0 Å². The molecule has 15 N–H and O–H groups in total. The predicted molar refractivity (Wildman–Crippen MR) is 160 cm³/mol. The van der Waals surface area contributed by atoms with Crippen LogP contribution in [0.25, 0.3) is 0 Å². The third-order valence-electron chi connectivity index (χ3n) is 6.26. The first-order valence-corrected chi connectivity index (χ1v) is 14.4. The Hall–Kier alpha value is -4.89. The largest absolute Gasteiger partial charge is 0.480 e. The van der Waals surface area contributed by atoms with E-state index in [1.165, 1.54) is 6.92 Å². The van der Waals surface area contributed by atoms with E-state index >= 15 is 0 Å². The summed E-state index contributed by atoms with van der Waals surface area (Å²) in [6, 6.07) is -9.25. The molecule has 0 saturated carbocycles. The van der Waals surface area contributed by atoms with Gasteiger partial charge in [-0.25, -0.2) is 4.79 Å². The Kier molecular flexibility index (Phi) is 18.8. The van der Waals surface area contributed by atoms with Gasteiger partial charge in [0.25, 0.3) is 0 Å². The first kappa shape index (κ1) is 42.1. The van der Waals surface area contributed by atoms with Crippen molar-refractivity contribution in [2.75, 3.05) is 19.8 Å². The summed E-state index contributed by atoms with van der Waals surface area (Å²) in [6.07, 6.45) is -1.64. The number of hydrogen-bond acceptors (Lipinski definition) is 12. The number of aliphatic hydroxyl groups excluding tert-OH is 2. The quantitative estimate of drug-likeness (QED) is 0.0508. The van der Waals surface area contributed by atoms with Gasteiger partial charge in [0.2, 0.25) is 47.3 Å². The van der Waals surface area contributed by atoms with E-state index in [2.05, 4.69) is 26.6 Å². The molecule has 0 aromatic carbocycles. The Morgan fingerprint density at radius 3 is 1.51 bits per heavy atom. The summed E-state index contributed by atoms with van der Waals surface area (Å²) < 4.78 is 0. The Labute approximate surface area is 269 Å². The Balaban J connectivity index is 5.98. The fourth-order valence-corrected chi connectivity index (χ4v) is 3.80. The number of nitrogens with two attached hydrogens (primary N) is 3. The number of carbonyl (C=O) groups excluding carboxylic acids is 8. The third kappa shape index (κ3) is 16.3. The summed E-state index contributed by atoms with van der Waals surface area (Å²) in [6.45, 7) is 2.26. The van der Waals surface area contributed by atoms with E-state index in [9.17, 15) is 53.4 Å². The summed E-state index contributed by atoms with van der Waals surface area (Å²) in [5, 5.41) is 41.3. The molecule has 0 saturated heterocycles. The van der Waals surface area contributed by atoms with Gasteiger partial charge in [0.05, 0.1) is 26.2 Å². The molecule has 0 fully saturated rings. The lowest BCUT2D eigenvalue weighted by Gasteiger charge is -2.27. The Morgan fingerprint density at radius 2 is 1.04 bits per heavy atom. The van der Waals surface area contributed by atoms with Crippen molar-refractivity contribution in [2.24, 2.45) is 23.1 Å². The normalized spacial score (nSPS) is 14.6. The van der Waals surface area contributed by atoms with Gasteiger partial charge in [-0.2, -0.15) is 0 Å². The lowest BCUT2D eigenvalue weighted by molar-refractivity contribution is -0.143. The molecule has 0 aromatic rings. The third-order valence-corrected chi connectivity index (χ3v) is 6.26. The summed E-state index contributed by atoms with van der Waals surface area (Å²) in [4.78, 5) is 110. The maximum atomic E-state index is 13.3. The van der Waals surface area contributed by atoms with E-state index in [0.717, 1.165) is 0 Å². The summed E-state index contributed by atoms with van der Waals surface area (Å²) >= 11 is 0. The van der Waals surface area contributed by atoms with Crippen molar-refractivity contribution in [1.82, 2.24) is 31.9 Å². The molecule has 0 heterocycles. The van der Waals surface area contributed by atoms with Crippen molar-refractivity contribution >= 4 is 53.2 Å². The van der Waals surface area contributed by atoms with Gasteiger partial charge in [-0.05, 0) is 25.7 Å². The topological polar surface area (TPSA) is 365 Å². The number of nitrogens with one attached hydrogen (secondary N) is 6. The highest BCUT2D eigenvalue weighted by Crippen LogP contribution is 2.08. The molecule has 0 aliphatic rings. The minimum absolute atomic E-state index is 0.0604. The molecular weight excluding hydrogens is 630 g/mol. The summed E-state index contributed by atoms with van der Waals surface area (Å²) in [5.74, 6) is -9.62. The van der Waals surface area contributed by atoms with Crippen LogP contribution in [0.4, 0.5) is 0 Å². The van der Waals surface area contributed by atoms with Gasteiger partial charge in [0, 0.05) is 6.42 Å². The number of aliphatic carboxylic acids is 1. The van der Waals surface area contributed by atoms with Crippen molar-refractivity contribution in [2.45, 2.75) is 82.7 Å². The first-order valence-electron chi connectivity index (χ1n) is 14.4. The molecule has 0 unspecified atom stereocenters. The maximum absolute atomic E-state index is 13.3. The lowest BCUT2D eigenvalue weighted by Crippen LogP contribution is -2.60. The second-order valence-corrected chi connectivity index (χ2v) is 10.8. The minimum atomic E-state index is -1.74. The number of primary amides is 2. The predicted octanol–water partition coefficient (Wildman–Crippen LogP) is -6.87. The van der Waals surface area contributed by atoms with Crippen molar-refractivity contribution in [3.05, 3.63) is 0 Å². The second-order valence-electron chi connectivity index (χ2n) is 10.8. The molecule has 47 heavy (non-hydrogen) atoms. The number of hydrogen-bond donors (Lipinski definition) is 12. The number of carbonyl (C=O) groups is 9. The van der Waals surface area contributed by atoms with Crippen molar-refractivity contribution < 1.29 is 58.5 Å². The van der Waals surface area contributed by atoms with Crippen molar-refractivity contribution in [3.8, 4) is 0 Å². The lowest BCUT2D eigenvalue weighted by atomic mass is 10.0. The molecule has 0 bridgehead atoms. The summed E-state index contributed by atoms with van der Waals surface area (Å²) in [5.41, 5.74) is 15.6. The van der Waals surface area contributed by atoms with Crippen LogP contribution in [0.1, 0.15) is 46.5 Å². The first-order chi connectivity index (χ1) is 21.9. The van der Waals surface area contributed by atoms with Crippen LogP contribution in [0, 0.1) is 5.92 Å². The molecule has 8 amide bonds. The molecule has 0 radical (unpaired) electrons. The van der Waals surface area contributed by atoms with E-state index < -0.39 is 122 Å². The fraction of sp³-hybridized carbons (Fsp3) is 0.654. The van der Waals surface area contributed by atoms with Crippen LogP contribution < -0.4 is 49.1 Å². The zero-order valence-corrected chi connectivity index (χ0v) is 26.2. The van der Waals surface area contributed by atoms with Gasteiger partial charge in [0.1, 0.15) is 36.3 Å². The molecule has 21 heteroatoms. The molecule has 0 spiro atoms. The Morgan fingerprint density at radius 1 is 0.596 bits per heavy atom. The van der Waals surface area contributed by atoms with Gasteiger partial charge in [0.15, 0.2) is 0 Å². The fourth-order valence-electron chi connectivity index (χ4n) is 3.80. The van der Waals surface area contributed by atoms with Crippen LogP contribution in [0.15, 0.2) is 0 Å². The monoisotopic (exact) mass is 675 g/mol. The van der Waals surface area contributed by atoms with Crippen LogP contribution in [-0.2, 0) is 43.2 Å². The molecule has 0 aliphatic heterocycles. The molecule has 6 atom stereocenters. The standard InChI is InChI=1S/C26H45N9O12/c1-11(2)6-14(23(43)31-13(4-5-18(28)38)22(42)35-17(10-37)26(46)47)32-24(44)15(7-19(29)39)33-25(45)16(9-36)34-21(41)12(3)30-20(40)8-27/h11-17,36-37H,4-10,27H2,1-3H3,(H2,28,38)(H2,29,39)(H,30,40)(H,31,43)(H,32,44)(H,33,45)(H,34,41)(H,35,42)(H,46,47)/t12-,13-,14-,15-,16-,17-/m0/s1. The molecular formula is C26H45N9O12. The molecule has 0 aliphatic carbocycles. The van der Waals surface area contributed by atoms with Crippen LogP contribution in [-0.4, -0.2) is 125 Å². The zero-order valence-electron chi connectivity index (χ0n) is 26.2. The van der Waals surface area contributed by atoms with E-state index in [1.54, 1.807) is 13.8 Å². The zero-order chi connectivity index (χ0) is 36.4. The highest BCUT2D eigenvalue weighted by atomic mass is 16.4.